The first-order valence-corrected chi connectivity index (χ1v) is 11.5. The van der Waals surface area contributed by atoms with Crippen LogP contribution in [-0.2, 0) is 10.0 Å². The summed E-state index contributed by atoms with van der Waals surface area (Å²) in [6.07, 6.45) is 0. The van der Waals surface area contributed by atoms with Crippen molar-refractivity contribution in [2.75, 3.05) is 19.4 Å². The molecule has 0 amide bonds. The van der Waals surface area contributed by atoms with E-state index in [0.29, 0.717) is 0 Å². The molecule has 2 aromatic carbocycles. The Kier molecular flexibility index (Phi) is 6.72. The molecule has 0 unspecified atom stereocenters. The van der Waals surface area contributed by atoms with E-state index in [1.807, 2.05) is 63.2 Å². The Morgan fingerprint density at radius 2 is 1.58 bits per heavy atom. The van der Waals surface area contributed by atoms with Crippen molar-refractivity contribution in [2.24, 2.45) is 0 Å². The molecular formula is C23H27N5O2S. The van der Waals surface area contributed by atoms with Crippen LogP contribution >= 0.6 is 0 Å². The molecule has 2 aromatic heterocycles. The van der Waals surface area contributed by atoms with Crippen molar-refractivity contribution in [2.45, 2.75) is 25.7 Å². The first-order chi connectivity index (χ1) is 14.8. The molecule has 0 aliphatic carbocycles. The van der Waals surface area contributed by atoms with E-state index in [1.165, 1.54) is 18.4 Å². The van der Waals surface area contributed by atoms with E-state index in [1.54, 1.807) is 28.8 Å². The molecule has 0 bridgehead atoms. The molecule has 31 heavy (non-hydrogen) atoms. The zero-order valence-electron chi connectivity index (χ0n) is 18.4. The van der Waals surface area contributed by atoms with Gasteiger partial charge in [0.25, 0.3) is 0 Å². The van der Waals surface area contributed by atoms with E-state index in [0.717, 1.165) is 34.1 Å². The fourth-order valence-electron chi connectivity index (χ4n) is 3.00. The summed E-state index contributed by atoms with van der Waals surface area (Å²) >= 11 is 0. The third kappa shape index (κ3) is 4.76. The minimum absolute atomic E-state index is 0.243. The Labute approximate surface area is 183 Å². The molecule has 162 valence electrons. The zero-order valence-corrected chi connectivity index (χ0v) is 19.2. The standard InChI is InChI=1S/C21H21N5O2S.C2H6/c1-15-13-20-23-19(16-7-5-4-6-8-16)14-21(26(20)24-15)22-17-9-11-18(12-10-17)29(27,28)25(2)3;1-2/h4-14,22H,1-3H3;1-2H3. The highest BCUT2D eigenvalue weighted by Crippen LogP contribution is 2.26. The van der Waals surface area contributed by atoms with Gasteiger partial charge in [-0.05, 0) is 31.2 Å². The predicted octanol–water partition coefficient (Wildman–Crippen LogP) is 4.72. The third-order valence-electron chi connectivity index (χ3n) is 4.52. The zero-order chi connectivity index (χ0) is 22.6. The maximum absolute atomic E-state index is 12.3. The molecule has 0 spiro atoms. The van der Waals surface area contributed by atoms with Gasteiger partial charge in [0.1, 0.15) is 5.82 Å². The molecule has 0 saturated heterocycles. The maximum Gasteiger partial charge on any atom is 0.242 e. The molecule has 0 aliphatic heterocycles. The van der Waals surface area contributed by atoms with E-state index in [-0.39, 0.29) is 4.90 Å². The lowest BCUT2D eigenvalue weighted by Gasteiger charge is -2.13. The van der Waals surface area contributed by atoms with Crippen LogP contribution in [-0.4, -0.2) is 41.4 Å². The highest BCUT2D eigenvalue weighted by atomic mass is 32.2. The van der Waals surface area contributed by atoms with Crippen molar-refractivity contribution in [1.82, 2.24) is 18.9 Å². The predicted molar refractivity (Wildman–Crippen MR) is 125 cm³/mol. The van der Waals surface area contributed by atoms with E-state index >= 15 is 0 Å². The number of fused-ring (bicyclic) bond motifs is 1. The number of nitrogens with zero attached hydrogens (tertiary/aromatic N) is 4. The van der Waals surface area contributed by atoms with Crippen molar-refractivity contribution < 1.29 is 8.42 Å². The second-order valence-electron chi connectivity index (χ2n) is 6.89. The molecule has 4 rings (SSSR count). The number of aromatic nitrogens is 3. The second-order valence-corrected chi connectivity index (χ2v) is 9.04. The number of hydrogen-bond donors (Lipinski definition) is 1. The van der Waals surface area contributed by atoms with Gasteiger partial charge in [0.15, 0.2) is 5.65 Å². The number of nitrogens with one attached hydrogen (secondary N) is 1. The fraction of sp³-hybridized carbons (Fsp3) is 0.217. The molecule has 0 aliphatic rings. The highest BCUT2D eigenvalue weighted by molar-refractivity contribution is 7.89. The van der Waals surface area contributed by atoms with Gasteiger partial charge >= 0.3 is 0 Å². The van der Waals surface area contributed by atoms with Gasteiger partial charge in [-0.1, -0.05) is 44.2 Å². The van der Waals surface area contributed by atoms with Crippen molar-refractivity contribution in [1.29, 1.82) is 0 Å². The number of aryl methyl sites for hydroxylation is 1. The molecule has 4 aromatic rings. The van der Waals surface area contributed by atoms with Crippen molar-refractivity contribution >= 4 is 27.2 Å². The molecule has 1 N–H and O–H groups in total. The second kappa shape index (κ2) is 9.28. The molecular weight excluding hydrogens is 410 g/mol. The quantitative estimate of drug-likeness (QED) is 0.488. The maximum atomic E-state index is 12.3. The molecule has 7 nitrogen and oxygen atoms in total. The first kappa shape index (κ1) is 22.5. The van der Waals surface area contributed by atoms with Gasteiger partial charge in [-0.2, -0.15) is 9.61 Å². The van der Waals surface area contributed by atoms with E-state index in [9.17, 15) is 8.42 Å². The summed E-state index contributed by atoms with van der Waals surface area (Å²) in [6, 6.07) is 20.4. The summed E-state index contributed by atoms with van der Waals surface area (Å²) in [7, 11) is -0.434. The van der Waals surface area contributed by atoms with Crippen molar-refractivity contribution in [3.05, 3.63) is 72.4 Å². The fourth-order valence-corrected chi connectivity index (χ4v) is 3.91. The minimum atomic E-state index is -3.46. The Bertz CT molecular complexity index is 1260. The summed E-state index contributed by atoms with van der Waals surface area (Å²) in [5, 5.41) is 7.84. The van der Waals surface area contributed by atoms with Crippen LogP contribution < -0.4 is 5.32 Å². The highest BCUT2D eigenvalue weighted by Gasteiger charge is 2.17. The minimum Gasteiger partial charge on any atom is -0.340 e. The van der Waals surface area contributed by atoms with Gasteiger partial charge in [0.2, 0.25) is 10.0 Å². The van der Waals surface area contributed by atoms with Crippen LogP contribution in [0.2, 0.25) is 0 Å². The van der Waals surface area contributed by atoms with Gasteiger partial charge in [0.05, 0.1) is 16.3 Å². The lowest BCUT2D eigenvalue weighted by atomic mass is 10.1. The number of benzene rings is 2. The average molecular weight is 438 g/mol. The number of rotatable bonds is 5. The number of hydrogen-bond acceptors (Lipinski definition) is 5. The van der Waals surface area contributed by atoms with Crippen molar-refractivity contribution in [3.63, 3.8) is 0 Å². The molecule has 0 atom stereocenters. The topological polar surface area (TPSA) is 79.6 Å². The number of anilines is 2. The van der Waals surface area contributed by atoms with E-state index in [2.05, 4.69) is 10.4 Å². The molecule has 0 radical (unpaired) electrons. The largest absolute Gasteiger partial charge is 0.340 e. The van der Waals surface area contributed by atoms with Crippen LogP contribution in [0.15, 0.2) is 71.6 Å². The Balaban J connectivity index is 0.00000132. The SMILES string of the molecule is CC.Cc1cc2nc(-c3ccccc3)cc(Nc3ccc(S(=O)(=O)N(C)C)cc3)n2n1. The third-order valence-corrected chi connectivity index (χ3v) is 6.35. The van der Waals surface area contributed by atoms with Crippen LogP contribution in [0.4, 0.5) is 11.5 Å². The van der Waals surface area contributed by atoms with Gasteiger partial charge in [-0.15, -0.1) is 0 Å². The van der Waals surface area contributed by atoms with Gasteiger partial charge in [-0.3, -0.25) is 0 Å². The van der Waals surface area contributed by atoms with E-state index < -0.39 is 10.0 Å². The summed E-state index contributed by atoms with van der Waals surface area (Å²) in [5.74, 6) is 0.741. The summed E-state index contributed by atoms with van der Waals surface area (Å²) in [6.45, 7) is 5.92. The van der Waals surface area contributed by atoms with Crippen LogP contribution in [0.25, 0.3) is 16.9 Å². The van der Waals surface area contributed by atoms with Crippen LogP contribution in [0.5, 0.6) is 0 Å². The molecule has 8 heteroatoms. The van der Waals surface area contributed by atoms with Gasteiger partial charge in [-0.25, -0.2) is 17.7 Å². The normalized spacial score (nSPS) is 11.3. The summed E-state index contributed by atoms with van der Waals surface area (Å²) < 4.78 is 27.5. The van der Waals surface area contributed by atoms with Crippen LogP contribution in [0, 0.1) is 6.92 Å². The Morgan fingerprint density at radius 1 is 0.935 bits per heavy atom. The number of sulfonamides is 1. The lowest BCUT2D eigenvalue weighted by Crippen LogP contribution is -2.22. The van der Waals surface area contributed by atoms with Crippen LogP contribution in [0.3, 0.4) is 0 Å². The summed E-state index contributed by atoms with van der Waals surface area (Å²) in [4.78, 5) is 4.95. The lowest BCUT2D eigenvalue weighted by molar-refractivity contribution is 0.521. The Morgan fingerprint density at radius 3 is 2.19 bits per heavy atom. The molecule has 0 saturated carbocycles. The first-order valence-electron chi connectivity index (χ1n) is 10.1. The van der Waals surface area contributed by atoms with Crippen LogP contribution in [0.1, 0.15) is 19.5 Å². The molecule has 0 fully saturated rings. The molecule has 2 heterocycles. The summed E-state index contributed by atoms with van der Waals surface area (Å²) in [5.41, 5.74) is 4.18. The Hall–Kier alpha value is -3.23. The van der Waals surface area contributed by atoms with Gasteiger partial charge < -0.3 is 5.32 Å². The van der Waals surface area contributed by atoms with E-state index in [4.69, 9.17) is 4.98 Å². The van der Waals surface area contributed by atoms with Gasteiger partial charge in [0, 0.05) is 37.5 Å². The van der Waals surface area contributed by atoms with Crippen molar-refractivity contribution in [3.8, 4) is 11.3 Å². The average Bonchev–Trinajstić information content (AvgIpc) is 3.16. The smallest absolute Gasteiger partial charge is 0.242 e. The monoisotopic (exact) mass is 437 g/mol.